The van der Waals surface area contributed by atoms with Gasteiger partial charge in [0.05, 0.1) is 17.9 Å². The average Bonchev–Trinajstić information content (AvgIpc) is 3.38. The number of aliphatic carboxylic acids is 1. The lowest BCUT2D eigenvalue weighted by Crippen LogP contribution is -2.71. The molecule has 0 unspecified atom stereocenters. The van der Waals surface area contributed by atoms with Gasteiger partial charge in [0.25, 0.3) is 11.8 Å². The Bertz CT molecular complexity index is 1650. The molecule has 0 aromatic carbocycles. The maximum absolute atomic E-state index is 13.2. The molecule has 2 atom stereocenters. The van der Waals surface area contributed by atoms with Gasteiger partial charge in [-0.3, -0.25) is 19.3 Å². The van der Waals surface area contributed by atoms with Crippen molar-refractivity contribution in [2.45, 2.75) is 24.6 Å². The normalized spacial score (nSPS) is 18.5. The molecule has 17 heteroatoms. The van der Waals surface area contributed by atoms with E-state index in [0.29, 0.717) is 10.3 Å². The van der Waals surface area contributed by atoms with Crippen molar-refractivity contribution in [3.8, 4) is 5.75 Å². The van der Waals surface area contributed by atoms with Gasteiger partial charge in [0.2, 0.25) is 5.43 Å². The van der Waals surface area contributed by atoms with Crippen molar-refractivity contribution in [1.82, 2.24) is 19.9 Å². The van der Waals surface area contributed by atoms with E-state index in [1.807, 2.05) is 6.07 Å². The monoisotopic (exact) mass is 599 g/mol. The third kappa shape index (κ3) is 5.57. The number of nitrogens with one attached hydrogen (secondary N) is 1. The maximum atomic E-state index is 13.2. The minimum absolute atomic E-state index is 0.0366. The predicted octanol–water partition coefficient (Wildman–Crippen LogP) is -1.86. The van der Waals surface area contributed by atoms with Gasteiger partial charge in [-0.2, -0.15) is 4.73 Å². The van der Waals surface area contributed by atoms with E-state index in [0.717, 1.165) is 28.5 Å². The molecule has 0 spiro atoms. The van der Waals surface area contributed by atoms with Crippen LogP contribution in [0.2, 0.25) is 0 Å². The molecule has 15 nitrogen and oxygen atoms in total. The first kappa shape index (κ1) is 27.7. The van der Waals surface area contributed by atoms with Crippen LogP contribution in [0.1, 0.15) is 11.4 Å². The van der Waals surface area contributed by atoms with Gasteiger partial charge in [0.1, 0.15) is 22.8 Å². The number of β-lactam (4-membered cyclic amide) rings is 1. The van der Waals surface area contributed by atoms with Crippen LogP contribution in [-0.2, 0) is 32.4 Å². The number of hydrogen-bond acceptors (Lipinski definition) is 13. The molecule has 0 bridgehead atoms. The summed E-state index contributed by atoms with van der Waals surface area (Å²) in [4.78, 5) is 60.4. The van der Waals surface area contributed by atoms with Gasteiger partial charge < -0.3 is 36.1 Å². The van der Waals surface area contributed by atoms with E-state index in [4.69, 9.17) is 10.6 Å². The highest BCUT2D eigenvalue weighted by molar-refractivity contribution is 8.00. The van der Waals surface area contributed by atoms with Gasteiger partial charge in [0.15, 0.2) is 42.1 Å². The zero-order valence-electron chi connectivity index (χ0n) is 20.9. The number of carbonyl (C=O) groups excluding carboxylic acids is 3. The van der Waals surface area contributed by atoms with E-state index in [1.54, 1.807) is 29.1 Å². The molecule has 0 aliphatic carbocycles. The van der Waals surface area contributed by atoms with Crippen LogP contribution in [0.4, 0.5) is 5.13 Å². The number of aromatic hydroxyl groups is 1. The third-order valence-corrected chi connectivity index (χ3v) is 8.13. The van der Waals surface area contributed by atoms with Crippen LogP contribution in [-0.4, -0.2) is 65.6 Å². The molecule has 1 fully saturated rings. The number of oxime groups is 1. The molecular formula is C24H21N7O8S2. The maximum Gasteiger partial charge on any atom is 0.276 e. The van der Waals surface area contributed by atoms with E-state index in [1.165, 1.54) is 17.1 Å². The van der Waals surface area contributed by atoms with Crippen molar-refractivity contribution in [1.29, 1.82) is 0 Å². The summed E-state index contributed by atoms with van der Waals surface area (Å²) in [6.07, 6.45) is 4.31. The number of pyridine rings is 2. The Morgan fingerprint density at radius 2 is 2.05 bits per heavy atom. The molecular weight excluding hydrogens is 578 g/mol. The van der Waals surface area contributed by atoms with Crippen molar-refractivity contribution in [3.63, 3.8) is 0 Å². The second-order valence-electron chi connectivity index (χ2n) is 8.79. The van der Waals surface area contributed by atoms with E-state index in [-0.39, 0.29) is 40.2 Å². The van der Waals surface area contributed by atoms with Crippen LogP contribution < -0.4 is 26.2 Å². The fourth-order valence-electron chi connectivity index (χ4n) is 4.19. The molecule has 2 aliphatic heterocycles. The number of thioether (sulfide) groups is 1. The zero-order valence-corrected chi connectivity index (χ0v) is 22.5. The third-order valence-electron chi connectivity index (χ3n) is 6.11. The lowest BCUT2D eigenvalue weighted by atomic mass is 10.0. The van der Waals surface area contributed by atoms with Crippen molar-refractivity contribution in [2.75, 3.05) is 11.5 Å². The van der Waals surface area contributed by atoms with Crippen molar-refractivity contribution >= 4 is 51.7 Å². The molecule has 3 aromatic rings. The number of amides is 2. The van der Waals surface area contributed by atoms with E-state index < -0.39 is 47.0 Å². The van der Waals surface area contributed by atoms with E-state index >= 15 is 0 Å². The first-order chi connectivity index (χ1) is 19.6. The smallest absolute Gasteiger partial charge is 0.276 e. The fraction of sp³-hybridized carbons (Fsp3) is 0.208. The second-order valence-corrected chi connectivity index (χ2v) is 10.8. The Labute approximate surface area is 238 Å². The number of aromatic nitrogens is 3. The van der Waals surface area contributed by atoms with Gasteiger partial charge in [-0.05, 0) is 0 Å². The Kier molecular flexibility index (Phi) is 7.62. The molecule has 212 valence electrons. The van der Waals surface area contributed by atoms with Gasteiger partial charge in [0, 0.05) is 34.9 Å². The minimum Gasteiger partial charge on any atom is -0.543 e. The Morgan fingerprint density at radius 1 is 1.29 bits per heavy atom. The van der Waals surface area contributed by atoms with Crippen LogP contribution in [0.3, 0.4) is 0 Å². The Hall–Kier alpha value is -4.90. The summed E-state index contributed by atoms with van der Waals surface area (Å²) in [7, 11) is 0. The molecule has 5 rings (SSSR count). The van der Waals surface area contributed by atoms with Crippen LogP contribution in [0.25, 0.3) is 0 Å². The standard InChI is InChI=1S/C24H21N7O8S2/c25-24-26-14(11-41-24)17(28-39-9-13-6-15(32)16(33)8-30(13)38)20(34)27-18-21(35)31-19(23(36)37)12(10-40-22(18)31)7-29-4-2-1-3-5-29/h1-6,8,11,18,22,38H,7,9-10H2,(H4-,25,26,27,33,34,36,37)/b28-17+/t18-,22-/m0/s1. The number of carboxylic acids is 1. The average molecular weight is 600 g/mol. The highest BCUT2D eigenvalue weighted by Crippen LogP contribution is 2.40. The van der Waals surface area contributed by atoms with Crippen LogP contribution >= 0.6 is 23.1 Å². The summed E-state index contributed by atoms with van der Waals surface area (Å²) in [5.74, 6) is -3.39. The first-order valence-corrected chi connectivity index (χ1v) is 13.7. The largest absolute Gasteiger partial charge is 0.543 e. The number of fused-ring (bicyclic) bond motifs is 1. The van der Waals surface area contributed by atoms with Gasteiger partial charge in [-0.15, -0.1) is 23.1 Å². The quantitative estimate of drug-likeness (QED) is 0.0703. The molecule has 5 N–H and O–H groups in total. The SMILES string of the molecule is Nc1nc(/C(=N\OCc2cc(=O)c(O)cn2O)C(=O)N[C@H]2C(=O)N3C(C(=O)[O-])=C(C[n+]4ccccc4)CS[C@@H]23)cs1. The summed E-state index contributed by atoms with van der Waals surface area (Å²) >= 11 is 2.31. The summed E-state index contributed by atoms with van der Waals surface area (Å²) < 4.78 is 2.24. The van der Waals surface area contributed by atoms with Crippen molar-refractivity contribution < 1.29 is 39.2 Å². The molecule has 0 radical (unpaired) electrons. The molecule has 1 saturated heterocycles. The lowest BCUT2D eigenvalue weighted by Gasteiger charge is -2.50. The van der Waals surface area contributed by atoms with Crippen LogP contribution in [0, 0.1) is 0 Å². The van der Waals surface area contributed by atoms with E-state index in [2.05, 4.69) is 15.5 Å². The summed E-state index contributed by atoms with van der Waals surface area (Å²) in [6, 6.07) is 5.26. The van der Waals surface area contributed by atoms with Gasteiger partial charge >= 0.3 is 0 Å². The first-order valence-electron chi connectivity index (χ1n) is 11.8. The molecule has 5 heterocycles. The van der Waals surface area contributed by atoms with Gasteiger partial charge in [-0.25, -0.2) is 9.55 Å². The fourth-order valence-corrected chi connectivity index (χ4v) is 6.07. The number of carboxylic acid groups (broad SMARTS) is 1. The number of thiazole rings is 1. The van der Waals surface area contributed by atoms with Crippen LogP contribution in [0.15, 0.2) is 69.5 Å². The number of nitrogens with two attached hydrogens (primary N) is 1. The summed E-state index contributed by atoms with van der Waals surface area (Å²) in [6.45, 7) is -0.230. The summed E-state index contributed by atoms with van der Waals surface area (Å²) in [5, 5.41) is 38.5. The molecule has 2 aliphatic rings. The number of hydrogen-bond donors (Lipinski definition) is 4. The lowest BCUT2D eigenvalue weighted by molar-refractivity contribution is -0.689. The highest BCUT2D eigenvalue weighted by atomic mass is 32.2. The van der Waals surface area contributed by atoms with Crippen molar-refractivity contribution in [3.05, 3.63) is 81.1 Å². The number of rotatable bonds is 9. The minimum atomic E-state index is -1.50. The zero-order chi connectivity index (χ0) is 29.3. The van der Waals surface area contributed by atoms with Gasteiger partial charge in [-0.1, -0.05) is 11.2 Å². The molecule has 3 aromatic heterocycles. The highest BCUT2D eigenvalue weighted by Gasteiger charge is 2.53. The van der Waals surface area contributed by atoms with Crippen molar-refractivity contribution in [2.24, 2.45) is 5.16 Å². The molecule has 0 saturated carbocycles. The summed E-state index contributed by atoms with van der Waals surface area (Å²) in [5.41, 5.74) is 4.80. The Morgan fingerprint density at radius 3 is 2.73 bits per heavy atom. The number of nitrogens with zero attached hydrogens (tertiary/aromatic N) is 5. The molecule has 2 amide bonds. The predicted molar refractivity (Wildman–Crippen MR) is 141 cm³/mol. The second kappa shape index (κ2) is 11.3. The Balaban J connectivity index is 1.33. The number of anilines is 1. The topological polar surface area (TPSA) is 216 Å². The number of nitrogen functional groups attached to an aromatic ring is 1. The van der Waals surface area contributed by atoms with Crippen LogP contribution in [0.5, 0.6) is 5.75 Å². The number of carbonyl (C=O) groups is 3. The molecule has 41 heavy (non-hydrogen) atoms. The van der Waals surface area contributed by atoms with E-state index in [9.17, 15) is 34.6 Å².